The lowest BCUT2D eigenvalue weighted by atomic mass is 9.82. The number of benzene rings is 1. The molecule has 2 N–H and O–H groups in total. The number of rotatable bonds is 7. The van der Waals surface area contributed by atoms with Crippen LogP contribution < -0.4 is 10.9 Å². The van der Waals surface area contributed by atoms with Gasteiger partial charge in [-0.05, 0) is 36.2 Å². The summed E-state index contributed by atoms with van der Waals surface area (Å²) in [6.45, 7) is 4.31. The third-order valence-corrected chi connectivity index (χ3v) is 6.09. The number of carbonyl (C=O) groups excluding carboxylic acids is 1. The lowest BCUT2D eigenvalue weighted by Crippen LogP contribution is -2.29. The first kappa shape index (κ1) is 24.1. The molecule has 0 aliphatic carbocycles. The van der Waals surface area contributed by atoms with E-state index in [-0.39, 0.29) is 11.5 Å². The van der Waals surface area contributed by atoms with Crippen molar-refractivity contribution in [1.82, 2.24) is 24.5 Å². The van der Waals surface area contributed by atoms with Gasteiger partial charge in [0, 0.05) is 36.6 Å². The van der Waals surface area contributed by atoms with Gasteiger partial charge in [0.15, 0.2) is 5.69 Å². The highest BCUT2D eigenvalue weighted by Crippen LogP contribution is 2.40. The van der Waals surface area contributed by atoms with Crippen molar-refractivity contribution in [1.29, 1.82) is 0 Å². The van der Waals surface area contributed by atoms with Crippen LogP contribution in [0.1, 0.15) is 53.1 Å². The second kappa shape index (κ2) is 9.71. The SMILES string of the molecule is CCn1cc([C@@H](c2cc(F)ccc2Cl)[C@@H](C)c2nc(C(=O)Nc3cnoc3)c(O)c(=O)n2C)cn1. The highest BCUT2D eigenvalue weighted by Gasteiger charge is 2.31. The van der Waals surface area contributed by atoms with Crippen LogP contribution in [-0.4, -0.2) is 35.5 Å². The number of nitrogens with zero attached hydrogens (tertiary/aromatic N) is 5. The molecule has 3 heterocycles. The molecule has 4 rings (SSSR count). The van der Waals surface area contributed by atoms with Crippen LogP contribution in [0, 0.1) is 5.82 Å². The Morgan fingerprint density at radius 1 is 1.34 bits per heavy atom. The number of hydrogen-bond acceptors (Lipinski definition) is 7. The molecular weight excluding hydrogens is 479 g/mol. The summed E-state index contributed by atoms with van der Waals surface area (Å²) in [5.74, 6) is -3.10. The Morgan fingerprint density at radius 2 is 2.11 bits per heavy atom. The van der Waals surface area contributed by atoms with Crippen molar-refractivity contribution < 1.29 is 18.8 Å². The average molecular weight is 501 g/mol. The molecule has 0 aliphatic heterocycles. The minimum absolute atomic E-state index is 0.179. The summed E-state index contributed by atoms with van der Waals surface area (Å²) >= 11 is 6.47. The van der Waals surface area contributed by atoms with Gasteiger partial charge in [0.2, 0.25) is 5.75 Å². The third-order valence-electron chi connectivity index (χ3n) is 5.74. The summed E-state index contributed by atoms with van der Waals surface area (Å²) < 4.78 is 21.8. The van der Waals surface area contributed by atoms with E-state index in [1.807, 2.05) is 6.92 Å². The summed E-state index contributed by atoms with van der Waals surface area (Å²) in [6.07, 6.45) is 5.89. The summed E-state index contributed by atoms with van der Waals surface area (Å²) in [6, 6.07) is 4.03. The summed E-state index contributed by atoms with van der Waals surface area (Å²) in [5, 5.41) is 21.0. The van der Waals surface area contributed by atoms with Gasteiger partial charge in [-0.2, -0.15) is 5.10 Å². The van der Waals surface area contributed by atoms with Gasteiger partial charge in [-0.15, -0.1) is 0 Å². The molecule has 0 saturated heterocycles. The molecule has 12 heteroatoms. The van der Waals surface area contributed by atoms with Gasteiger partial charge in [0.25, 0.3) is 11.5 Å². The molecule has 2 atom stereocenters. The lowest BCUT2D eigenvalue weighted by Gasteiger charge is -2.26. The number of anilines is 1. The fraction of sp³-hybridized carbons (Fsp3) is 0.261. The first-order valence-corrected chi connectivity index (χ1v) is 11.1. The van der Waals surface area contributed by atoms with Crippen molar-refractivity contribution >= 4 is 23.2 Å². The monoisotopic (exact) mass is 500 g/mol. The molecule has 1 amide bonds. The summed E-state index contributed by atoms with van der Waals surface area (Å²) in [4.78, 5) is 30.0. The van der Waals surface area contributed by atoms with Crippen molar-refractivity contribution in [2.75, 3.05) is 5.32 Å². The maximum Gasteiger partial charge on any atom is 0.296 e. The van der Waals surface area contributed by atoms with Crippen LogP contribution in [0.3, 0.4) is 0 Å². The van der Waals surface area contributed by atoms with E-state index in [0.717, 1.165) is 4.57 Å². The Labute approximate surface area is 204 Å². The standard InChI is InChI=1S/C23H22ClFN6O4/c1-4-31-10-13(8-26-31)18(16-7-14(25)5-6-17(16)24)12(2)21-29-19(20(32)23(34)30(21)3)22(33)28-15-9-27-35-11-15/h5-12,18,32H,4H2,1-3H3,(H,28,33)/t12-,18+/m1/s1. The molecule has 1 aromatic carbocycles. The highest BCUT2D eigenvalue weighted by molar-refractivity contribution is 6.31. The molecule has 0 spiro atoms. The van der Waals surface area contributed by atoms with E-state index in [9.17, 15) is 19.1 Å². The van der Waals surface area contributed by atoms with Crippen LogP contribution in [0.25, 0.3) is 0 Å². The molecule has 0 unspecified atom stereocenters. The first-order valence-electron chi connectivity index (χ1n) is 10.7. The highest BCUT2D eigenvalue weighted by atomic mass is 35.5. The Balaban J connectivity index is 1.85. The van der Waals surface area contributed by atoms with Crippen molar-refractivity contribution in [3.05, 3.63) is 86.9 Å². The van der Waals surface area contributed by atoms with E-state index < -0.39 is 40.6 Å². The number of aromatic nitrogens is 5. The van der Waals surface area contributed by atoms with Gasteiger partial charge in [0.05, 0.1) is 12.4 Å². The van der Waals surface area contributed by atoms with Gasteiger partial charge >= 0.3 is 0 Å². The second-order valence-corrected chi connectivity index (χ2v) is 8.37. The molecular formula is C23H22ClFN6O4. The van der Waals surface area contributed by atoms with Crippen LogP contribution in [-0.2, 0) is 13.6 Å². The molecule has 0 fully saturated rings. The molecule has 35 heavy (non-hydrogen) atoms. The number of amides is 1. The molecule has 0 radical (unpaired) electrons. The van der Waals surface area contributed by atoms with E-state index in [2.05, 4.69) is 25.1 Å². The molecule has 3 aromatic heterocycles. The zero-order chi connectivity index (χ0) is 25.3. The number of nitrogens with one attached hydrogen (secondary N) is 1. The molecule has 0 bridgehead atoms. The molecule has 4 aromatic rings. The molecule has 10 nitrogen and oxygen atoms in total. The van der Waals surface area contributed by atoms with E-state index in [4.69, 9.17) is 11.6 Å². The van der Waals surface area contributed by atoms with E-state index >= 15 is 0 Å². The minimum atomic E-state index is -0.823. The lowest BCUT2D eigenvalue weighted by molar-refractivity contribution is 0.101. The van der Waals surface area contributed by atoms with Crippen molar-refractivity contribution in [3.63, 3.8) is 0 Å². The van der Waals surface area contributed by atoms with Crippen LogP contribution in [0.5, 0.6) is 5.75 Å². The van der Waals surface area contributed by atoms with Gasteiger partial charge in [-0.25, -0.2) is 9.37 Å². The number of hydrogen-bond donors (Lipinski definition) is 2. The molecule has 0 aliphatic rings. The normalized spacial score (nSPS) is 12.9. The molecule has 0 saturated carbocycles. The first-order chi connectivity index (χ1) is 16.7. The number of aryl methyl sites for hydroxylation is 1. The van der Waals surface area contributed by atoms with E-state index in [1.165, 1.54) is 37.7 Å². The minimum Gasteiger partial charge on any atom is -0.501 e. The molecule has 182 valence electrons. The van der Waals surface area contributed by atoms with Crippen molar-refractivity contribution in [3.8, 4) is 5.75 Å². The van der Waals surface area contributed by atoms with E-state index in [0.29, 0.717) is 22.7 Å². The van der Waals surface area contributed by atoms with E-state index in [1.54, 1.807) is 24.0 Å². The fourth-order valence-corrected chi connectivity index (χ4v) is 4.22. The second-order valence-electron chi connectivity index (χ2n) is 7.96. The zero-order valence-corrected chi connectivity index (χ0v) is 19.8. The predicted octanol–water partition coefficient (Wildman–Crippen LogP) is 3.67. The number of aromatic hydroxyl groups is 1. The van der Waals surface area contributed by atoms with Crippen LogP contribution in [0.2, 0.25) is 5.02 Å². The van der Waals surface area contributed by atoms with Gasteiger partial charge in [0.1, 0.15) is 23.6 Å². The fourth-order valence-electron chi connectivity index (χ4n) is 3.98. The number of halogens is 2. The predicted molar refractivity (Wildman–Crippen MR) is 125 cm³/mol. The van der Waals surface area contributed by atoms with Gasteiger partial charge in [-0.1, -0.05) is 23.7 Å². The largest absolute Gasteiger partial charge is 0.501 e. The Morgan fingerprint density at radius 3 is 2.77 bits per heavy atom. The number of carbonyl (C=O) groups is 1. The summed E-state index contributed by atoms with van der Waals surface area (Å²) in [7, 11) is 1.43. The van der Waals surface area contributed by atoms with Gasteiger partial charge < -0.3 is 14.9 Å². The Hall–Kier alpha value is -3.99. The Bertz CT molecular complexity index is 1430. The van der Waals surface area contributed by atoms with Crippen molar-refractivity contribution in [2.24, 2.45) is 7.05 Å². The maximum atomic E-state index is 14.3. The summed E-state index contributed by atoms with van der Waals surface area (Å²) in [5.41, 5.74) is 0.121. The smallest absolute Gasteiger partial charge is 0.296 e. The van der Waals surface area contributed by atoms with Crippen LogP contribution >= 0.6 is 11.6 Å². The van der Waals surface area contributed by atoms with Gasteiger partial charge in [-0.3, -0.25) is 18.8 Å². The van der Waals surface area contributed by atoms with Crippen LogP contribution in [0.15, 0.2) is 52.4 Å². The third kappa shape index (κ3) is 4.67. The van der Waals surface area contributed by atoms with Crippen LogP contribution in [0.4, 0.5) is 10.1 Å². The maximum absolute atomic E-state index is 14.3. The topological polar surface area (TPSA) is 128 Å². The van der Waals surface area contributed by atoms with Crippen molar-refractivity contribution in [2.45, 2.75) is 32.2 Å². The quantitative estimate of drug-likeness (QED) is 0.396. The zero-order valence-electron chi connectivity index (χ0n) is 19.1. The average Bonchev–Trinajstić information content (AvgIpc) is 3.52. The Kier molecular flexibility index (Phi) is 6.70.